The first-order chi connectivity index (χ1) is 31.8. The van der Waals surface area contributed by atoms with Crippen LogP contribution in [-0.4, -0.2) is 11.3 Å². The van der Waals surface area contributed by atoms with E-state index in [9.17, 15) is 0 Å². The van der Waals surface area contributed by atoms with Crippen LogP contribution in [0.3, 0.4) is 0 Å². The van der Waals surface area contributed by atoms with Crippen molar-refractivity contribution >= 4 is 79.0 Å². The molecule has 0 atom stereocenters. The molecule has 0 saturated heterocycles. The molecule has 13 rings (SSSR count). The molecule has 0 unspecified atom stereocenters. The van der Waals surface area contributed by atoms with Crippen LogP contribution in [0.2, 0.25) is 0 Å². The van der Waals surface area contributed by atoms with Crippen LogP contribution in [0.25, 0.3) is 38.6 Å². The number of fused-ring (bicyclic) bond motifs is 7. The molecule has 310 valence electrons. The second-order valence-electron chi connectivity index (χ2n) is 18.9. The summed E-state index contributed by atoms with van der Waals surface area (Å²) < 4.78 is 2.53. The average molecular weight is 826 g/mol. The van der Waals surface area contributed by atoms with Gasteiger partial charge in [-0.3, -0.25) is 0 Å². The van der Waals surface area contributed by atoms with Crippen LogP contribution in [0.15, 0.2) is 182 Å². The number of hydrogen-bond acceptors (Lipinski definition) is 2. The van der Waals surface area contributed by atoms with Crippen molar-refractivity contribution < 1.29 is 0 Å². The molecule has 3 heterocycles. The van der Waals surface area contributed by atoms with E-state index in [0.717, 1.165) is 11.4 Å². The Morgan fingerprint density at radius 3 is 1.30 bits per heavy atom. The maximum atomic E-state index is 2.57. The topological polar surface area (TPSA) is 11.4 Å². The standard InChI is InChI=1S/C60H52BN3/c1-5-17-41(18-6-1)44-31-35-54-50(37-44)51-38-45(42-19-7-2-8-20-42)32-36-55(51)62(54)49-33-29-43(30-34-49)46-39-58-60-59(40-46)64(48-23-11-4-12-24-48)57-28-16-14-26-53(57)61(60)52-25-13-15-27-56(52)63(58)47-21-9-3-10-22-47/h3-4,9-16,21-42H,1-2,5-8,17-20H2. The monoisotopic (exact) mass is 825 g/mol. The number of rotatable bonds is 6. The van der Waals surface area contributed by atoms with Gasteiger partial charge in [-0.1, -0.05) is 136 Å². The van der Waals surface area contributed by atoms with Crippen molar-refractivity contribution in [3.8, 4) is 16.8 Å². The van der Waals surface area contributed by atoms with Gasteiger partial charge >= 0.3 is 0 Å². The van der Waals surface area contributed by atoms with Gasteiger partial charge in [0.1, 0.15) is 0 Å². The Bertz CT molecular complexity index is 3010. The molecular formula is C60H52BN3. The van der Waals surface area contributed by atoms with Crippen LogP contribution < -0.4 is 26.2 Å². The second kappa shape index (κ2) is 15.5. The maximum absolute atomic E-state index is 2.57. The molecule has 0 amide bonds. The van der Waals surface area contributed by atoms with Crippen LogP contribution in [0.1, 0.15) is 87.2 Å². The van der Waals surface area contributed by atoms with Gasteiger partial charge in [-0.05, 0) is 161 Å². The quantitative estimate of drug-likeness (QED) is 0.155. The number of benzene rings is 8. The van der Waals surface area contributed by atoms with Gasteiger partial charge in [0.25, 0.3) is 6.71 Å². The van der Waals surface area contributed by atoms with E-state index in [0.29, 0.717) is 11.8 Å². The van der Waals surface area contributed by atoms with Gasteiger partial charge in [-0.15, -0.1) is 0 Å². The van der Waals surface area contributed by atoms with E-state index in [1.807, 2.05) is 0 Å². The molecule has 2 fully saturated rings. The third kappa shape index (κ3) is 6.09. The van der Waals surface area contributed by atoms with Gasteiger partial charge in [0.15, 0.2) is 0 Å². The summed E-state index contributed by atoms with van der Waals surface area (Å²) in [5.41, 5.74) is 20.6. The third-order valence-electron chi connectivity index (χ3n) is 15.3. The smallest absolute Gasteiger partial charge is 0.252 e. The molecule has 2 aliphatic carbocycles. The van der Waals surface area contributed by atoms with Crippen LogP contribution in [0.5, 0.6) is 0 Å². The molecule has 0 radical (unpaired) electrons. The van der Waals surface area contributed by atoms with Crippen molar-refractivity contribution in [2.24, 2.45) is 0 Å². The van der Waals surface area contributed by atoms with Crippen molar-refractivity contribution in [1.82, 2.24) is 4.57 Å². The Morgan fingerprint density at radius 1 is 0.359 bits per heavy atom. The second-order valence-corrected chi connectivity index (χ2v) is 18.9. The fraction of sp³-hybridized carbons (Fsp3) is 0.200. The van der Waals surface area contributed by atoms with Crippen molar-refractivity contribution in [2.45, 2.75) is 76.0 Å². The summed E-state index contributed by atoms with van der Waals surface area (Å²) in [6.07, 6.45) is 13.4. The minimum atomic E-state index is 0.0984. The lowest BCUT2D eigenvalue weighted by Crippen LogP contribution is -2.61. The summed E-state index contributed by atoms with van der Waals surface area (Å²) in [5.74, 6) is 1.35. The zero-order valence-electron chi connectivity index (χ0n) is 36.5. The van der Waals surface area contributed by atoms with Crippen molar-refractivity contribution in [3.63, 3.8) is 0 Å². The van der Waals surface area contributed by atoms with E-state index in [1.165, 1.54) is 153 Å². The van der Waals surface area contributed by atoms with Crippen molar-refractivity contribution in [3.05, 3.63) is 193 Å². The van der Waals surface area contributed by atoms with Gasteiger partial charge in [0.05, 0.1) is 11.0 Å². The first-order valence-corrected chi connectivity index (χ1v) is 24.0. The van der Waals surface area contributed by atoms with Crippen molar-refractivity contribution in [2.75, 3.05) is 9.80 Å². The summed E-state index contributed by atoms with van der Waals surface area (Å²) in [6, 6.07) is 69.2. The molecule has 4 heteroatoms. The molecule has 0 N–H and O–H groups in total. The van der Waals surface area contributed by atoms with Gasteiger partial charge in [0.2, 0.25) is 0 Å². The summed E-state index contributed by atoms with van der Waals surface area (Å²) in [7, 11) is 0. The van der Waals surface area contributed by atoms with E-state index in [-0.39, 0.29) is 6.71 Å². The molecule has 0 bridgehead atoms. The molecule has 9 aromatic rings. The van der Waals surface area contributed by atoms with Gasteiger partial charge < -0.3 is 14.4 Å². The van der Waals surface area contributed by atoms with Gasteiger partial charge in [-0.25, -0.2) is 0 Å². The van der Waals surface area contributed by atoms with Crippen molar-refractivity contribution in [1.29, 1.82) is 0 Å². The predicted octanol–water partition coefficient (Wildman–Crippen LogP) is 14.6. The normalized spacial score (nSPS) is 16.2. The number of anilines is 6. The van der Waals surface area contributed by atoms with Crippen LogP contribution in [0.4, 0.5) is 34.1 Å². The average Bonchev–Trinajstić information content (AvgIpc) is 3.70. The Morgan fingerprint density at radius 2 is 0.812 bits per heavy atom. The van der Waals surface area contributed by atoms with Crippen LogP contribution >= 0.6 is 0 Å². The first-order valence-electron chi connectivity index (χ1n) is 24.0. The van der Waals surface area contributed by atoms with E-state index in [2.05, 4.69) is 196 Å². The fourth-order valence-corrected chi connectivity index (χ4v) is 12.3. The highest BCUT2D eigenvalue weighted by molar-refractivity contribution is 7.00. The van der Waals surface area contributed by atoms with E-state index < -0.39 is 0 Å². The van der Waals surface area contributed by atoms with E-state index in [4.69, 9.17) is 0 Å². The Kier molecular flexibility index (Phi) is 9.13. The van der Waals surface area contributed by atoms with Crippen LogP contribution in [-0.2, 0) is 0 Å². The van der Waals surface area contributed by atoms with E-state index in [1.54, 1.807) is 0 Å². The van der Waals surface area contributed by atoms with Crippen LogP contribution in [0, 0.1) is 0 Å². The highest BCUT2D eigenvalue weighted by atomic mass is 15.2. The summed E-state index contributed by atoms with van der Waals surface area (Å²) in [4.78, 5) is 5.00. The lowest BCUT2D eigenvalue weighted by molar-refractivity contribution is 0.444. The highest BCUT2D eigenvalue weighted by Gasteiger charge is 2.43. The first kappa shape index (κ1) is 37.8. The number of hydrogen-bond donors (Lipinski definition) is 0. The lowest BCUT2D eigenvalue weighted by Gasteiger charge is -2.44. The number of nitrogens with zero attached hydrogens (tertiary/aromatic N) is 3. The zero-order chi connectivity index (χ0) is 42.1. The van der Waals surface area contributed by atoms with E-state index >= 15 is 0 Å². The minimum Gasteiger partial charge on any atom is -0.311 e. The molecule has 4 aliphatic rings. The maximum Gasteiger partial charge on any atom is 0.252 e. The predicted molar refractivity (Wildman–Crippen MR) is 272 cm³/mol. The molecule has 8 aromatic carbocycles. The Hall–Kier alpha value is -6.78. The molecule has 1 aromatic heterocycles. The Labute approximate surface area is 377 Å². The van der Waals surface area contributed by atoms with Gasteiger partial charge in [-0.2, -0.15) is 0 Å². The molecule has 3 nitrogen and oxygen atoms in total. The fourth-order valence-electron chi connectivity index (χ4n) is 12.3. The number of para-hydroxylation sites is 4. The summed E-state index contributed by atoms with van der Waals surface area (Å²) in [5, 5.41) is 2.82. The molecule has 2 aliphatic heterocycles. The highest BCUT2D eigenvalue weighted by Crippen LogP contribution is 2.47. The molecule has 2 saturated carbocycles. The number of aromatic nitrogens is 1. The summed E-state index contributed by atoms with van der Waals surface area (Å²) >= 11 is 0. The minimum absolute atomic E-state index is 0.0984. The summed E-state index contributed by atoms with van der Waals surface area (Å²) in [6.45, 7) is 0.0984. The lowest BCUT2D eigenvalue weighted by atomic mass is 9.33. The Balaban J connectivity index is 0.987. The molecule has 64 heavy (non-hydrogen) atoms. The molecular weight excluding hydrogens is 773 g/mol. The third-order valence-corrected chi connectivity index (χ3v) is 15.3. The zero-order valence-corrected chi connectivity index (χ0v) is 36.5. The van der Waals surface area contributed by atoms with Gasteiger partial charge in [0, 0.05) is 50.6 Å². The largest absolute Gasteiger partial charge is 0.311 e. The molecule has 0 spiro atoms. The SMILES string of the molecule is c1ccc(N2c3ccccc3B3c4ccccc4N(c4ccccc4)c4cc(-c5ccc(-n6c7ccc(C8CCCCC8)cc7c7cc(C8CCCCC8)ccc76)cc5)cc2c43)cc1.